The summed E-state index contributed by atoms with van der Waals surface area (Å²) in [6.07, 6.45) is 1.71. The van der Waals surface area contributed by atoms with Gasteiger partial charge < -0.3 is 4.55 Å². The monoisotopic (exact) mass is 189 g/mol. The van der Waals surface area contributed by atoms with Gasteiger partial charge in [-0.1, -0.05) is 11.2 Å². The minimum atomic E-state index is -1.11. The minimum Gasteiger partial charge on any atom is -0.616 e. The van der Waals surface area contributed by atoms with Crippen molar-refractivity contribution in [3.8, 4) is 0 Å². The maximum atomic E-state index is 11.1. The van der Waals surface area contributed by atoms with E-state index in [0.29, 0.717) is 0 Å². The lowest BCUT2D eigenvalue weighted by atomic mass is 10.00. The molecule has 1 aliphatic heterocycles. The fourth-order valence-electron chi connectivity index (χ4n) is 1.24. The predicted octanol–water partition coefficient (Wildman–Crippen LogP) is -0.584. The first-order valence-electron chi connectivity index (χ1n) is 3.68. The number of rotatable bonds is 1. The number of piperidine rings is 1. The molecule has 1 aliphatic rings. The van der Waals surface area contributed by atoms with Crippen LogP contribution >= 0.6 is 0 Å². The number of hydrogen-bond donors (Lipinski definition) is 1. The predicted molar refractivity (Wildman–Crippen MR) is 44.8 cm³/mol. The molecule has 1 saturated heterocycles. The summed E-state index contributed by atoms with van der Waals surface area (Å²) >= 11 is -1.11. The molecule has 4 nitrogen and oxygen atoms in total. The van der Waals surface area contributed by atoms with Crippen molar-refractivity contribution in [2.75, 3.05) is 6.26 Å². The van der Waals surface area contributed by atoms with Crippen LogP contribution in [-0.2, 0) is 20.8 Å². The molecule has 1 fully saturated rings. The molecular weight excluding hydrogens is 178 g/mol. The molecule has 0 aliphatic carbocycles. The molecule has 12 heavy (non-hydrogen) atoms. The molecule has 0 bridgehead atoms. The van der Waals surface area contributed by atoms with E-state index in [-0.39, 0.29) is 29.4 Å². The van der Waals surface area contributed by atoms with Gasteiger partial charge in [-0.3, -0.25) is 14.9 Å². The van der Waals surface area contributed by atoms with Crippen LogP contribution in [0.15, 0.2) is 0 Å². The van der Waals surface area contributed by atoms with Gasteiger partial charge in [0.15, 0.2) is 0 Å². The minimum absolute atomic E-state index is 0.190. The van der Waals surface area contributed by atoms with Gasteiger partial charge in [0.2, 0.25) is 11.8 Å². The highest BCUT2D eigenvalue weighted by Crippen LogP contribution is 2.19. The number of imide groups is 1. The Balaban J connectivity index is 2.73. The van der Waals surface area contributed by atoms with Gasteiger partial charge >= 0.3 is 0 Å². The fraction of sp³-hybridized carbons (Fsp3) is 0.714. The van der Waals surface area contributed by atoms with Crippen molar-refractivity contribution < 1.29 is 14.1 Å². The molecule has 68 valence electrons. The van der Waals surface area contributed by atoms with Crippen LogP contribution < -0.4 is 5.32 Å². The molecule has 1 heterocycles. The number of amides is 2. The number of hydrogen-bond acceptors (Lipinski definition) is 3. The second-order valence-corrected chi connectivity index (χ2v) is 4.54. The highest BCUT2D eigenvalue weighted by molar-refractivity contribution is 7.91. The van der Waals surface area contributed by atoms with Gasteiger partial charge in [0.1, 0.15) is 5.25 Å². The summed E-state index contributed by atoms with van der Waals surface area (Å²) in [4.78, 5) is 21.9. The van der Waals surface area contributed by atoms with Gasteiger partial charge in [0.05, 0.1) is 18.6 Å². The molecule has 0 aromatic rings. The summed E-state index contributed by atoms with van der Waals surface area (Å²) < 4.78 is 11.1. The summed E-state index contributed by atoms with van der Waals surface area (Å²) in [6.45, 7) is 1.69. The Morgan fingerprint density at radius 1 is 1.58 bits per heavy atom. The lowest BCUT2D eigenvalue weighted by Crippen LogP contribution is -2.49. The quantitative estimate of drug-likeness (QED) is 0.443. The summed E-state index contributed by atoms with van der Waals surface area (Å²) in [6, 6.07) is 0. The third-order valence-electron chi connectivity index (χ3n) is 2.05. The molecule has 1 N–H and O–H groups in total. The van der Waals surface area contributed by atoms with E-state index in [2.05, 4.69) is 5.32 Å². The Kier molecular flexibility index (Phi) is 2.74. The summed E-state index contributed by atoms with van der Waals surface area (Å²) in [5.74, 6) is -0.960. The third kappa shape index (κ3) is 1.78. The van der Waals surface area contributed by atoms with Gasteiger partial charge in [0, 0.05) is 0 Å². The Morgan fingerprint density at radius 2 is 2.17 bits per heavy atom. The molecular formula is C7H11NO3S. The van der Waals surface area contributed by atoms with Crippen molar-refractivity contribution in [1.82, 2.24) is 5.32 Å². The smallest absolute Gasteiger partial charge is 0.234 e. The molecule has 2 amide bonds. The first-order chi connectivity index (χ1) is 5.52. The first-order valence-corrected chi connectivity index (χ1v) is 5.30. The fourth-order valence-corrected chi connectivity index (χ4v) is 2.32. The molecule has 0 spiro atoms. The molecule has 5 heteroatoms. The van der Waals surface area contributed by atoms with Crippen LogP contribution in [0, 0.1) is 5.92 Å². The largest absolute Gasteiger partial charge is 0.616 e. The van der Waals surface area contributed by atoms with E-state index in [1.54, 1.807) is 6.92 Å². The summed E-state index contributed by atoms with van der Waals surface area (Å²) in [5, 5.41) is 1.89. The van der Waals surface area contributed by atoms with E-state index in [1.165, 1.54) is 6.26 Å². The summed E-state index contributed by atoms with van der Waals surface area (Å²) in [5.41, 5.74) is 0. The molecule has 1 rings (SSSR count). The second-order valence-electron chi connectivity index (χ2n) is 2.94. The average molecular weight is 189 g/mol. The third-order valence-corrected chi connectivity index (χ3v) is 3.47. The van der Waals surface area contributed by atoms with E-state index in [0.717, 1.165) is 0 Å². The average Bonchev–Trinajstić information content (AvgIpc) is 1.96. The summed E-state index contributed by atoms with van der Waals surface area (Å²) in [7, 11) is 0. The molecule has 0 aromatic heterocycles. The number of nitrogens with one attached hydrogen (secondary N) is 1. The van der Waals surface area contributed by atoms with Crippen LogP contribution in [0.5, 0.6) is 0 Å². The standard InChI is InChI=1S/C7H11NO3S/c1-4-5(12(2)11)3-6(9)8-7(4)10/h4-5H,3H2,1-2H3,(H,8,9,10). The van der Waals surface area contributed by atoms with Crippen molar-refractivity contribution in [2.24, 2.45) is 5.92 Å². The maximum Gasteiger partial charge on any atom is 0.234 e. The van der Waals surface area contributed by atoms with E-state index in [1.807, 2.05) is 0 Å². The maximum absolute atomic E-state index is 11.1. The Morgan fingerprint density at radius 3 is 2.67 bits per heavy atom. The second kappa shape index (κ2) is 3.45. The van der Waals surface area contributed by atoms with Crippen LogP contribution in [0.1, 0.15) is 13.3 Å². The number of carbonyl (C=O) groups is 2. The van der Waals surface area contributed by atoms with Crippen molar-refractivity contribution in [3.63, 3.8) is 0 Å². The highest BCUT2D eigenvalue weighted by Gasteiger charge is 2.38. The van der Waals surface area contributed by atoms with E-state index >= 15 is 0 Å². The molecule has 0 aromatic carbocycles. The van der Waals surface area contributed by atoms with Gasteiger partial charge in [0.25, 0.3) is 0 Å². The van der Waals surface area contributed by atoms with Gasteiger partial charge in [-0.25, -0.2) is 0 Å². The van der Waals surface area contributed by atoms with Crippen molar-refractivity contribution >= 4 is 23.0 Å². The molecule has 0 saturated carbocycles. The SMILES string of the molecule is CC1C(=O)NC(=O)CC1[S+](C)[O-]. The molecule has 3 atom stereocenters. The van der Waals surface area contributed by atoms with Gasteiger partial charge in [-0.2, -0.15) is 0 Å². The lowest BCUT2D eigenvalue weighted by molar-refractivity contribution is -0.135. The number of carbonyl (C=O) groups excluding carboxylic acids is 2. The zero-order valence-corrected chi connectivity index (χ0v) is 7.81. The van der Waals surface area contributed by atoms with Crippen LogP contribution in [-0.4, -0.2) is 27.9 Å². The van der Waals surface area contributed by atoms with Crippen LogP contribution in [0.25, 0.3) is 0 Å². The van der Waals surface area contributed by atoms with Crippen molar-refractivity contribution in [2.45, 2.75) is 18.6 Å². The van der Waals surface area contributed by atoms with E-state index in [9.17, 15) is 14.1 Å². The van der Waals surface area contributed by atoms with Gasteiger partial charge in [-0.05, 0) is 6.92 Å². The Bertz CT molecular complexity index is 217. The Labute approximate surface area is 73.9 Å². The Hall–Kier alpha value is -0.550. The topological polar surface area (TPSA) is 69.2 Å². The molecule has 3 unspecified atom stereocenters. The zero-order valence-electron chi connectivity index (χ0n) is 6.99. The van der Waals surface area contributed by atoms with Crippen LogP contribution in [0.3, 0.4) is 0 Å². The van der Waals surface area contributed by atoms with E-state index in [4.69, 9.17) is 0 Å². The highest BCUT2D eigenvalue weighted by atomic mass is 32.2. The van der Waals surface area contributed by atoms with Crippen LogP contribution in [0.4, 0.5) is 0 Å². The lowest BCUT2D eigenvalue weighted by Gasteiger charge is -2.27. The zero-order chi connectivity index (χ0) is 9.30. The van der Waals surface area contributed by atoms with E-state index < -0.39 is 11.2 Å². The van der Waals surface area contributed by atoms with Gasteiger partial charge in [-0.15, -0.1) is 0 Å². The van der Waals surface area contributed by atoms with Crippen molar-refractivity contribution in [3.05, 3.63) is 0 Å². The first kappa shape index (κ1) is 9.54. The molecule has 0 radical (unpaired) electrons. The van der Waals surface area contributed by atoms with Crippen LogP contribution in [0.2, 0.25) is 0 Å². The normalized spacial score (nSPS) is 32.9. The van der Waals surface area contributed by atoms with Crippen molar-refractivity contribution in [1.29, 1.82) is 0 Å².